The van der Waals surface area contributed by atoms with Crippen molar-refractivity contribution in [3.63, 3.8) is 0 Å². The lowest BCUT2D eigenvalue weighted by Gasteiger charge is -2.10. The largest absolute Gasteiger partial charge is 0.356 e. The second-order valence-corrected chi connectivity index (χ2v) is 6.45. The fourth-order valence-corrected chi connectivity index (χ4v) is 3.05. The number of H-pyrrole nitrogens is 1. The lowest BCUT2D eigenvalue weighted by molar-refractivity contribution is 0.656. The molecule has 0 bridgehead atoms. The zero-order valence-corrected chi connectivity index (χ0v) is 15.3. The summed E-state index contributed by atoms with van der Waals surface area (Å²) in [6.45, 7) is 3.56. The highest BCUT2D eigenvalue weighted by molar-refractivity contribution is 5.74. The molecule has 1 aromatic carbocycles. The number of aryl methyl sites for hydroxylation is 3. The van der Waals surface area contributed by atoms with E-state index >= 15 is 0 Å². The average Bonchev–Trinajstić information content (AvgIpc) is 3.00. The smallest absolute Gasteiger partial charge is 0.329 e. The van der Waals surface area contributed by atoms with E-state index < -0.39 is 5.69 Å². The van der Waals surface area contributed by atoms with Gasteiger partial charge in [0.1, 0.15) is 0 Å². The van der Waals surface area contributed by atoms with E-state index in [1.54, 1.807) is 7.05 Å². The summed E-state index contributed by atoms with van der Waals surface area (Å²) < 4.78 is 3.28. The molecule has 0 aliphatic heterocycles. The highest BCUT2D eigenvalue weighted by atomic mass is 16.2. The molecule has 3 aromatic rings. The van der Waals surface area contributed by atoms with E-state index in [1.807, 2.05) is 22.8 Å². The number of hydrogen-bond acceptors (Lipinski definition) is 4. The summed E-state index contributed by atoms with van der Waals surface area (Å²) in [5.41, 5.74) is 1.28. The first kappa shape index (κ1) is 18.0. The number of benzene rings is 1. The minimum atomic E-state index is -0.448. The first-order valence-electron chi connectivity index (χ1n) is 9.09. The first-order valence-corrected chi connectivity index (χ1v) is 9.09. The van der Waals surface area contributed by atoms with Gasteiger partial charge in [-0.25, -0.2) is 4.79 Å². The third-order valence-electron chi connectivity index (χ3n) is 4.51. The van der Waals surface area contributed by atoms with Crippen LogP contribution in [0.2, 0.25) is 0 Å². The number of unbranched alkanes of at least 4 members (excludes halogenated alkanes) is 1. The molecular formula is C19H25N5O2. The number of fused-ring (bicyclic) bond motifs is 1. The van der Waals surface area contributed by atoms with Crippen molar-refractivity contribution in [3.05, 3.63) is 56.7 Å². The molecule has 0 spiro atoms. The zero-order chi connectivity index (χ0) is 18.5. The molecule has 0 saturated heterocycles. The maximum Gasteiger partial charge on any atom is 0.329 e. The van der Waals surface area contributed by atoms with Gasteiger partial charge >= 0.3 is 5.69 Å². The molecule has 138 valence electrons. The Morgan fingerprint density at radius 2 is 1.92 bits per heavy atom. The van der Waals surface area contributed by atoms with Gasteiger partial charge in [0.25, 0.3) is 5.56 Å². The summed E-state index contributed by atoms with van der Waals surface area (Å²) in [5, 5.41) is 3.31. The molecule has 7 heteroatoms. The van der Waals surface area contributed by atoms with Gasteiger partial charge in [-0.1, -0.05) is 43.7 Å². The lowest BCUT2D eigenvalue weighted by Crippen LogP contribution is -2.29. The Labute approximate surface area is 151 Å². The minimum Gasteiger partial charge on any atom is -0.356 e. The molecule has 0 aliphatic rings. The van der Waals surface area contributed by atoms with Crippen molar-refractivity contribution >= 4 is 17.1 Å². The van der Waals surface area contributed by atoms with Gasteiger partial charge in [-0.3, -0.25) is 14.3 Å². The topological polar surface area (TPSA) is 84.7 Å². The first-order chi connectivity index (χ1) is 12.6. The number of anilines is 1. The van der Waals surface area contributed by atoms with E-state index in [9.17, 15) is 9.59 Å². The van der Waals surface area contributed by atoms with Crippen LogP contribution in [0.4, 0.5) is 5.95 Å². The van der Waals surface area contributed by atoms with Gasteiger partial charge in [0.2, 0.25) is 5.95 Å². The van der Waals surface area contributed by atoms with Crippen LogP contribution in [0.3, 0.4) is 0 Å². The van der Waals surface area contributed by atoms with E-state index in [-0.39, 0.29) is 5.56 Å². The second-order valence-electron chi connectivity index (χ2n) is 6.45. The van der Waals surface area contributed by atoms with Gasteiger partial charge in [0.15, 0.2) is 11.2 Å². The maximum absolute atomic E-state index is 12.4. The Kier molecular flexibility index (Phi) is 5.55. The second kappa shape index (κ2) is 8.03. The van der Waals surface area contributed by atoms with Gasteiger partial charge in [-0.05, 0) is 24.8 Å². The molecule has 0 aliphatic carbocycles. The van der Waals surface area contributed by atoms with E-state index in [4.69, 9.17) is 0 Å². The van der Waals surface area contributed by atoms with Gasteiger partial charge in [-0.15, -0.1) is 0 Å². The van der Waals surface area contributed by atoms with Gasteiger partial charge in [0.05, 0.1) is 0 Å². The minimum absolute atomic E-state index is 0.390. The molecule has 2 heterocycles. The SMILES string of the molecule is CCCCNc1nc2c(c(=O)[nH]c(=O)n2C)n1CCCc1ccccc1. The van der Waals surface area contributed by atoms with Crippen LogP contribution in [0, 0.1) is 0 Å². The predicted molar refractivity (Wildman–Crippen MR) is 104 cm³/mol. The molecule has 0 unspecified atom stereocenters. The highest BCUT2D eigenvalue weighted by Gasteiger charge is 2.16. The van der Waals surface area contributed by atoms with E-state index in [0.717, 1.165) is 32.2 Å². The van der Waals surface area contributed by atoms with Crippen molar-refractivity contribution in [3.8, 4) is 0 Å². The van der Waals surface area contributed by atoms with Crippen molar-refractivity contribution in [1.29, 1.82) is 0 Å². The molecule has 0 saturated carbocycles. The summed E-state index contributed by atoms with van der Waals surface area (Å²) in [5.74, 6) is 0.646. The van der Waals surface area contributed by atoms with Crippen LogP contribution in [0.5, 0.6) is 0 Å². The number of rotatable bonds is 8. The summed E-state index contributed by atoms with van der Waals surface area (Å²) in [6.07, 6.45) is 3.88. The van der Waals surface area contributed by atoms with Crippen molar-refractivity contribution in [2.45, 2.75) is 39.2 Å². The highest BCUT2D eigenvalue weighted by Crippen LogP contribution is 2.17. The normalized spacial score (nSPS) is 11.2. The number of nitrogens with zero attached hydrogens (tertiary/aromatic N) is 3. The van der Waals surface area contributed by atoms with E-state index in [1.165, 1.54) is 10.1 Å². The molecule has 2 aromatic heterocycles. The van der Waals surface area contributed by atoms with Crippen molar-refractivity contribution in [2.75, 3.05) is 11.9 Å². The zero-order valence-electron chi connectivity index (χ0n) is 15.3. The molecule has 0 radical (unpaired) electrons. The maximum atomic E-state index is 12.4. The van der Waals surface area contributed by atoms with Crippen LogP contribution < -0.4 is 16.6 Å². The average molecular weight is 355 g/mol. The molecule has 0 atom stereocenters. The molecule has 26 heavy (non-hydrogen) atoms. The van der Waals surface area contributed by atoms with Gasteiger partial charge in [0, 0.05) is 20.1 Å². The summed E-state index contributed by atoms with van der Waals surface area (Å²) in [6, 6.07) is 10.3. The molecule has 0 amide bonds. The Morgan fingerprint density at radius 1 is 1.15 bits per heavy atom. The third kappa shape index (κ3) is 3.71. The number of aromatic amines is 1. The van der Waals surface area contributed by atoms with Crippen molar-refractivity contribution in [2.24, 2.45) is 7.05 Å². The molecule has 2 N–H and O–H groups in total. The molecular weight excluding hydrogens is 330 g/mol. The lowest BCUT2D eigenvalue weighted by atomic mass is 10.1. The summed E-state index contributed by atoms with van der Waals surface area (Å²) in [7, 11) is 1.62. The van der Waals surface area contributed by atoms with Gasteiger partial charge < -0.3 is 9.88 Å². The van der Waals surface area contributed by atoms with E-state index in [2.05, 4.69) is 34.3 Å². The van der Waals surface area contributed by atoms with Crippen LogP contribution in [0.15, 0.2) is 39.9 Å². The fraction of sp³-hybridized carbons (Fsp3) is 0.421. The van der Waals surface area contributed by atoms with Crippen LogP contribution >= 0.6 is 0 Å². The monoisotopic (exact) mass is 355 g/mol. The van der Waals surface area contributed by atoms with Crippen LogP contribution in [0.25, 0.3) is 11.2 Å². The Hall–Kier alpha value is -2.83. The van der Waals surface area contributed by atoms with Crippen molar-refractivity contribution in [1.82, 2.24) is 19.1 Å². The molecule has 7 nitrogen and oxygen atoms in total. The fourth-order valence-electron chi connectivity index (χ4n) is 3.05. The third-order valence-corrected chi connectivity index (χ3v) is 4.51. The van der Waals surface area contributed by atoms with Crippen LogP contribution in [-0.2, 0) is 20.0 Å². The quantitative estimate of drug-likeness (QED) is 0.607. The Morgan fingerprint density at radius 3 is 2.65 bits per heavy atom. The predicted octanol–water partition coefficient (Wildman–Crippen LogP) is 2.27. The van der Waals surface area contributed by atoms with Crippen molar-refractivity contribution < 1.29 is 0 Å². The number of hydrogen-bond donors (Lipinski definition) is 2. The summed E-state index contributed by atoms with van der Waals surface area (Å²) >= 11 is 0. The van der Waals surface area contributed by atoms with Crippen LogP contribution in [0.1, 0.15) is 31.7 Å². The number of aromatic nitrogens is 4. The molecule has 0 fully saturated rings. The Bertz CT molecular complexity index is 985. The standard InChI is InChI=1S/C19H25N5O2/c1-3-4-12-20-18-21-16-15(17(25)22-19(26)23(16)2)24(18)13-8-11-14-9-6-5-7-10-14/h5-7,9-10H,3-4,8,11-13H2,1-2H3,(H,20,21)(H,22,25,26). The number of nitrogens with one attached hydrogen (secondary N) is 2. The molecule has 3 rings (SSSR count). The summed E-state index contributed by atoms with van der Waals surface area (Å²) in [4.78, 5) is 31.2. The van der Waals surface area contributed by atoms with E-state index in [0.29, 0.717) is 23.7 Å². The Balaban J connectivity index is 1.92. The van der Waals surface area contributed by atoms with Crippen LogP contribution in [-0.4, -0.2) is 25.6 Å². The van der Waals surface area contributed by atoms with Gasteiger partial charge in [-0.2, -0.15) is 4.98 Å². The number of imidazole rings is 1.